The standard InChI is InChI=1S/C14H28N2O2/c1-5-11(2)16-13(17)6-8-15-12-7-9-18-14(3,4)10-12/h11-12,15H,5-10H2,1-4H3,(H,16,17). The van der Waals surface area contributed by atoms with E-state index in [1.54, 1.807) is 0 Å². The van der Waals surface area contributed by atoms with Crippen molar-refractivity contribution in [2.24, 2.45) is 0 Å². The topological polar surface area (TPSA) is 50.4 Å². The van der Waals surface area contributed by atoms with Crippen molar-refractivity contribution in [3.8, 4) is 0 Å². The molecule has 1 aliphatic heterocycles. The van der Waals surface area contributed by atoms with Gasteiger partial charge in [0.05, 0.1) is 5.60 Å². The largest absolute Gasteiger partial charge is 0.375 e. The number of hydrogen-bond donors (Lipinski definition) is 2. The van der Waals surface area contributed by atoms with E-state index in [1.165, 1.54) is 0 Å². The fraction of sp³-hybridized carbons (Fsp3) is 0.929. The van der Waals surface area contributed by atoms with Crippen LogP contribution in [0.4, 0.5) is 0 Å². The Hall–Kier alpha value is -0.610. The summed E-state index contributed by atoms with van der Waals surface area (Å²) in [5, 5.41) is 6.44. The van der Waals surface area contributed by atoms with Gasteiger partial charge in [-0.15, -0.1) is 0 Å². The normalized spacial score (nSPS) is 24.6. The molecule has 1 amide bonds. The molecule has 0 saturated carbocycles. The lowest BCUT2D eigenvalue weighted by Crippen LogP contribution is -2.44. The first-order valence-corrected chi connectivity index (χ1v) is 7.09. The Morgan fingerprint density at radius 3 is 2.83 bits per heavy atom. The highest BCUT2D eigenvalue weighted by atomic mass is 16.5. The van der Waals surface area contributed by atoms with Gasteiger partial charge in [-0.2, -0.15) is 0 Å². The van der Waals surface area contributed by atoms with Crippen molar-refractivity contribution in [3.63, 3.8) is 0 Å². The predicted octanol–water partition coefficient (Wildman–Crippen LogP) is 1.84. The van der Waals surface area contributed by atoms with E-state index in [0.29, 0.717) is 12.5 Å². The second-order valence-corrected chi connectivity index (χ2v) is 5.88. The first-order valence-electron chi connectivity index (χ1n) is 7.09. The predicted molar refractivity (Wildman–Crippen MR) is 73.6 cm³/mol. The van der Waals surface area contributed by atoms with Crippen LogP contribution in [-0.2, 0) is 9.53 Å². The van der Waals surface area contributed by atoms with E-state index in [0.717, 1.165) is 32.4 Å². The van der Waals surface area contributed by atoms with Crippen LogP contribution < -0.4 is 10.6 Å². The molecule has 4 heteroatoms. The van der Waals surface area contributed by atoms with Gasteiger partial charge >= 0.3 is 0 Å². The van der Waals surface area contributed by atoms with Crippen molar-refractivity contribution in [3.05, 3.63) is 0 Å². The first-order chi connectivity index (χ1) is 8.43. The molecule has 1 saturated heterocycles. The molecule has 1 fully saturated rings. The van der Waals surface area contributed by atoms with Crippen LogP contribution in [0.15, 0.2) is 0 Å². The number of carbonyl (C=O) groups excluding carboxylic acids is 1. The quantitative estimate of drug-likeness (QED) is 0.762. The van der Waals surface area contributed by atoms with Crippen LogP contribution in [-0.4, -0.2) is 36.7 Å². The molecule has 1 aliphatic rings. The van der Waals surface area contributed by atoms with Crippen LogP contribution in [0, 0.1) is 0 Å². The van der Waals surface area contributed by atoms with Gasteiger partial charge in [-0.05, 0) is 40.0 Å². The maximum absolute atomic E-state index is 11.6. The Morgan fingerprint density at radius 2 is 2.22 bits per heavy atom. The van der Waals surface area contributed by atoms with E-state index in [4.69, 9.17) is 4.74 Å². The zero-order chi connectivity index (χ0) is 13.6. The van der Waals surface area contributed by atoms with Crippen LogP contribution in [0.5, 0.6) is 0 Å². The summed E-state index contributed by atoms with van der Waals surface area (Å²) in [7, 11) is 0. The Balaban J connectivity index is 2.15. The van der Waals surface area contributed by atoms with Crippen molar-refractivity contribution in [1.29, 1.82) is 0 Å². The number of carbonyl (C=O) groups is 1. The van der Waals surface area contributed by atoms with Crippen LogP contribution in [0.1, 0.15) is 53.4 Å². The molecular weight excluding hydrogens is 228 g/mol. The van der Waals surface area contributed by atoms with E-state index in [9.17, 15) is 4.79 Å². The van der Waals surface area contributed by atoms with Gasteiger partial charge in [0.1, 0.15) is 0 Å². The van der Waals surface area contributed by atoms with Gasteiger partial charge in [-0.3, -0.25) is 4.79 Å². The highest BCUT2D eigenvalue weighted by molar-refractivity contribution is 5.76. The summed E-state index contributed by atoms with van der Waals surface area (Å²) >= 11 is 0. The molecule has 2 N–H and O–H groups in total. The van der Waals surface area contributed by atoms with E-state index in [-0.39, 0.29) is 17.6 Å². The molecule has 0 bridgehead atoms. The van der Waals surface area contributed by atoms with Gasteiger partial charge in [0.2, 0.25) is 5.91 Å². The monoisotopic (exact) mass is 256 g/mol. The molecule has 18 heavy (non-hydrogen) atoms. The summed E-state index contributed by atoms with van der Waals surface area (Å²) in [5.74, 6) is 0.142. The van der Waals surface area contributed by atoms with Crippen LogP contribution >= 0.6 is 0 Å². The lowest BCUT2D eigenvalue weighted by atomic mass is 9.94. The maximum Gasteiger partial charge on any atom is 0.221 e. The number of rotatable bonds is 6. The van der Waals surface area contributed by atoms with Crippen LogP contribution in [0.25, 0.3) is 0 Å². The summed E-state index contributed by atoms with van der Waals surface area (Å²) in [5.41, 5.74) is -0.0328. The Morgan fingerprint density at radius 1 is 1.50 bits per heavy atom. The molecule has 0 aromatic rings. The van der Waals surface area contributed by atoms with Crippen molar-refractivity contribution in [2.45, 2.75) is 71.1 Å². The molecule has 0 spiro atoms. The third-order valence-corrected chi connectivity index (χ3v) is 3.50. The van der Waals surface area contributed by atoms with Gasteiger partial charge in [0.25, 0.3) is 0 Å². The molecule has 2 unspecified atom stereocenters. The van der Waals surface area contributed by atoms with Crippen LogP contribution in [0.2, 0.25) is 0 Å². The lowest BCUT2D eigenvalue weighted by molar-refractivity contribution is -0.121. The van der Waals surface area contributed by atoms with Crippen molar-refractivity contribution in [2.75, 3.05) is 13.2 Å². The van der Waals surface area contributed by atoms with Crippen molar-refractivity contribution in [1.82, 2.24) is 10.6 Å². The summed E-state index contributed by atoms with van der Waals surface area (Å²) < 4.78 is 5.67. The van der Waals surface area contributed by atoms with E-state index >= 15 is 0 Å². The number of ether oxygens (including phenoxy) is 1. The van der Waals surface area contributed by atoms with Gasteiger partial charge in [0.15, 0.2) is 0 Å². The molecule has 0 radical (unpaired) electrons. The van der Waals surface area contributed by atoms with E-state index in [1.807, 2.05) is 6.92 Å². The highest BCUT2D eigenvalue weighted by Crippen LogP contribution is 2.23. The molecular formula is C14H28N2O2. The smallest absolute Gasteiger partial charge is 0.221 e. The summed E-state index contributed by atoms with van der Waals surface area (Å²) in [6.07, 6.45) is 3.59. The summed E-state index contributed by atoms with van der Waals surface area (Å²) in [6.45, 7) is 9.92. The minimum atomic E-state index is -0.0328. The molecule has 106 valence electrons. The Bertz CT molecular complexity index is 267. The van der Waals surface area contributed by atoms with E-state index in [2.05, 4.69) is 31.4 Å². The number of amides is 1. The zero-order valence-corrected chi connectivity index (χ0v) is 12.2. The maximum atomic E-state index is 11.6. The minimum absolute atomic E-state index is 0.0328. The van der Waals surface area contributed by atoms with Gasteiger partial charge in [-0.1, -0.05) is 6.92 Å². The summed E-state index contributed by atoms with van der Waals surface area (Å²) in [4.78, 5) is 11.6. The summed E-state index contributed by atoms with van der Waals surface area (Å²) in [6, 6.07) is 0.754. The highest BCUT2D eigenvalue weighted by Gasteiger charge is 2.28. The molecule has 0 aromatic carbocycles. The molecule has 0 aromatic heterocycles. The fourth-order valence-corrected chi connectivity index (χ4v) is 2.24. The third-order valence-electron chi connectivity index (χ3n) is 3.50. The Kier molecular flexibility index (Phi) is 6.09. The van der Waals surface area contributed by atoms with Gasteiger partial charge in [-0.25, -0.2) is 0 Å². The van der Waals surface area contributed by atoms with Gasteiger partial charge in [0, 0.05) is 31.7 Å². The zero-order valence-electron chi connectivity index (χ0n) is 12.2. The average Bonchev–Trinajstić information content (AvgIpc) is 2.27. The van der Waals surface area contributed by atoms with E-state index < -0.39 is 0 Å². The SMILES string of the molecule is CCC(C)NC(=O)CCNC1CCOC(C)(C)C1. The molecule has 0 aliphatic carbocycles. The fourth-order valence-electron chi connectivity index (χ4n) is 2.24. The molecule has 1 rings (SSSR count). The first kappa shape index (κ1) is 15.4. The molecule has 4 nitrogen and oxygen atoms in total. The molecule has 2 atom stereocenters. The lowest BCUT2D eigenvalue weighted by Gasteiger charge is -2.36. The molecule has 1 heterocycles. The minimum Gasteiger partial charge on any atom is -0.375 e. The Labute approximate surface area is 111 Å². The van der Waals surface area contributed by atoms with Crippen LogP contribution in [0.3, 0.4) is 0 Å². The number of hydrogen-bond acceptors (Lipinski definition) is 3. The van der Waals surface area contributed by atoms with Crippen molar-refractivity contribution >= 4 is 5.91 Å². The second kappa shape index (κ2) is 7.10. The number of nitrogens with one attached hydrogen (secondary N) is 2. The second-order valence-electron chi connectivity index (χ2n) is 5.88. The van der Waals surface area contributed by atoms with Crippen molar-refractivity contribution < 1.29 is 9.53 Å². The average molecular weight is 256 g/mol. The van der Waals surface area contributed by atoms with Gasteiger partial charge < -0.3 is 15.4 Å². The third kappa shape index (κ3) is 5.83.